The molecule has 1 aliphatic carbocycles. The van der Waals surface area contributed by atoms with Gasteiger partial charge in [-0.2, -0.15) is 5.10 Å². The molecule has 0 radical (unpaired) electrons. The summed E-state index contributed by atoms with van der Waals surface area (Å²) < 4.78 is 9.37. The summed E-state index contributed by atoms with van der Waals surface area (Å²) in [6.45, 7) is 2.13. The molecule has 0 amide bonds. The molecule has 0 aromatic carbocycles. The van der Waals surface area contributed by atoms with E-state index in [4.69, 9.17) is 14.8 Å². The van der Waals surface area contributed by atoms with Crippen LogP contribution in [-0.4, -0.2) is 31.3 Å². The molecule has 1 fully saturated rings. The third-order valence-corrected chi connectivity index (χ3v) is 5.24. The molecule has 4 aromatic heterocycles. The van der Waals surface area contributed by atoms with Gasteiger partial charge in [0.2, 0.25) is 0 Å². The molecule has 2 unspecified atom stereocenters. The second kappa shape index (κ2) is 5.05. The largest absolute Gasteiger partial charge is 0.497 e. The van der Waals surface area contributed by atoms with Crippen molar-refractivity contribution in [3.05, 3.63) is 53.7 Å². The van der Waals surface area contributed by atoms with E-state index in [1.165, 1.54) is 5.69 Å². The zero-order valence-corrected chi connectivity index (χ0v) is 14.5. The Morgan fingerprint density at radius 3 is 2.88 bits per heavy atom. The third kappa shape index (κ3) is 2.06. The average Bonchev–Trinajstić information content (AvgIpc) is 3.26. The molecular weight excluding hydrogens is 314 g/mol. The number of pyridine rings is 2. The van der Waals surface area contributed by atoms with Crippen LogP contribution < -0.4 is 4.74 Å². The first-order chi connectivity index (χ1) is 12.2. The van der Waals surface area contributed by atoms with Crippen molar-refractivity contribution in [3.63, 3.8) is 0 Å². The Morgan fingerprint density at radius 2 is 2.04 bits per heavy atom. The topological polar surface area (TPSA) is 57.2 Å². The minimum absolute atomic E-state index is 0.393. The summed E-state index contributed by atoms with van der Waals surface area (Å²) in [6.07, 6.45) is 4.94. The molecule has 0 N–H and O–H groups in total. The number of rotatable bonds is 3. The molecule has 25 heavy (non-hydrogen) atoms. The van der Waals surface area contributed by atoms with Gasteiger partial charge in [0.15, 0.2) is 0 Å². The molecule has 4 heterocycles. The van der Waals surface area contributed by atoms with Gasteiger partial charge in [-0.1, -0.05) is 0 Å². The Hall–Kier alpha value is -2.89. The Kier molecular flexibility index (Phi) is 2.92. The number of methoxy groups -OCH3 is 1. The van der Waals surface area contributed by atoms with Crippen LogP contribution in [0, 0.1) is 6.92 Å². The van der Waals surface area contributed by atoms with Gasteiger partial charge in [-0.15, -0.1) is 0 Å². The van der Waals surface area contributed by atoms with Crippen molar-refractivity contribution >= 4 is 16.7 Å². The molecule has 1 aliphatic rings. The number of ether oxygens (including phenoxy) is 1. The van der Waals surface area contributed by atoms with Crippen molar-refractivity contribution < 1.29 is 4.74 Å². The molecule has 126 valence electrons. The zero-order chi connectivity index (χ0) is 17.1. The highest BCUT2D eigenvalue weighted by atomic mass is 16.5. The van der Waals surface area contributed by atoms with Gasteiger partial charge in [-0.3, -0.25) is 9.67 Å². The molecule has 0 bridgehead atoms. The fourth-order valence-corrected chi connectivity index (χ4v) is 3.81. The number of nitrogens with zero attached hydrogens (tertiary/aromatic N) is 5. The minimum atomic E-state index is 0.393. The molecule has 6 heteroatoms. The van der Waals surface area contributed by atoms with Crippen LogP contribution in [0.5, 0.6) is 5.75 Å². The van der Waals surface area contributed by atoms with Crippen LogP contribution in [0.15, 0.2) is 36.7 Å². The Balaban J connectivity index is 1.55. The lowest BCUT2D eigenvalue weighted by atomic mass is 10.1. The highest BCUT2D eigenvalue weighted by molar-refractivity contribution is 5.78. The van der Waals surface area contributed by atoms with E-state index in [1.807, 2.05) is 42.3 Å². The summed E-state index contributed by atoms with van der Waals surface area (Å²) in [5.41, 5.74) is 6.48. The predicted molar refractivity (Wildman–Crippen MR) is 95.1 cm³/mol. The second-order valence-corrected chi connectivity index (χ2v) is 6.71. The summed E-state index contributed by atoms with van der Waals surface area (Å²) in [4.78, 5) is 9.43. The van der Waals surface area contributed by atoms with Crippen LogP contribution in [0.25, 0.3) is 16.7 Å². The number of aromatic nitrogens is 5. The van der Waals surface area contributed by atoms with E-state index in [0.717, 1.165) is 40.2 Å². The van der Waals surface area contributed by atoms with Crippen LogP contribution in [0.1, 0.15) is 35.3 Å². The van der Waals surface area contributed by atoms with E-state index in [9.17, 15) is 0 Å². The molecule has 0 aliphatic heterocycles. The monoisotopic (exact) mass is 333 g/mol. The fraction of sp³-hybridized carbons (Fsp3) is 0.316. The molecule has 5 rings (SSSR count). The lowest BCUT2D eigenvalue weighted by Crippen LogP contribution is -1.93. The van der Waals surface area contributed by atoms with Gasteiger partial charge in [0.1, 0.15) is 16.9 Å². The maximum atomic E-state index is 5.31. The zero-order valence-electron chi connectivity index (χ0n) is 14.5. The SMILES string of the molecule is COc1ccn2c(C)c(C3CC3c3nn(C)c4cccnc34)nc2c1. The van der Waals surface area contributed by atoms with Crippen LogP contribution in [0.2, 0.25) is 0 Å². The normalized spacial score (nSPS) is 19.6. The summed E-state index contributed by atoms with van der Waals surface area (Å²) >= 11 is 0. The summed E-state index contributed by atoms with van der Waals surface area (Å²) in [5, 5.41) is 4.74. The Labute approximate surface area is 145 Å². The van der Waals surface area contributed by atoms with Crippen LogP contribution in [0.3, 0.4) is 0 Å². The second-order valence-electron chi connectivity index (χ2n) is 6.71. The highest BCUT2D eigenvalue weighted by Crippen LogP contribution is 2.55. The molecule has 6 nitrogen and oxygen atoms in total. The number of imidazole rings is 1. The fourth-order valence-electron chi connectivity index (χ4n) is 3.81. The molecule has 2 atom stereocenters. The minimum Gasteiger partial charge on any atom is -0.497 e. The van der Waals surface area contributed by atoms with Crippen LogP contribution in [-0.2, 0) is 7.05 Å². The van der Waals surface area contributed by atoms with Crippen molar-refractivity contribution in [2.45, 2.75) is 25.2 Å². The van der Waals surface area contributed by atoms with E-state index in [0.29, 0.717) is 11.8 Å². The molecule has 0 saturated heterocycles. The summed E-state index contributed by atoms with van der Waals surface area (Å²) in [7, 11) is 3.66. The van der Waals surface area contributed by atoms with Gasteiger partial charge in [0.25, 0.3) is 0 Å². The van der Waals surface area contributed by atoms with Crippen LogP contribution in [0.4, 0.5) is 0 Å². The van der Waals surface area contributed by atoms with Gasteiger partial charge >= 0.3 is 0 Å². The van der Waals surface area contributed by atoms with Gasteiger partial charge in [-0.25, -0.2) is 4.98 Å². The van der Waals surface area contributed by atoms with Crippen molar-refractivity contribution in [3.8, 4) is 5.75 Å². The number of aryl methyl sites for hydroxylation is 2. The first-order valence-electron chi connectivity index (χ1n) is 8.47. The summed E-state index contributed by atoms with van der Waals surface area (Å²) in [6, 6.07) is 7.97. The first-order valence-corrected chi connectivity index (χ1v) is 8.47. The quantitative estimate of drug-likeness (QED) is 0.578. The average molecular weight is 333 g/mol. The maximum Gasteiger partial charge on any atom is 0.140 e. The molecule has 4 aromatic rings. The number of hydrogen-bond donors (Lipinski definition) is 0. The van der Waals surface area contributed by atoms with E-state index in [2.05, 4.69) is 22.4 Å². The third-order valence-electron chi connectivity index (χ3n) is 5.24. The van der Waals surface area contributed by atoms with Gasteiger partial charge < -0.3 is 9.14 Å². The Bertz CT molecular complexity index is 1110. The van der Waals surface area contributed by atoms with E-state index < -0.39 is 0 Å². The molecule has 0 spiro atoms. The van der Waals surface area contributed by atoms with Gasteiger partial charge in [0, 0.05) is 43.0 Å². The van der Waals surface area contributed by atoms with Crippen molar-refractivity contribution in [1.29, 1.82) is 0 Å². The summed E-state index contributed by atoms with van der Waals surface area (Å²) in [5.74, 6) is 1.63. The molecular formula is C19H19N5O. The predicted octanol–water partition coefficient (Wildman–Crippen LogP) is 3.20. The first kappa shape index (κ1) is 14.5. The van der Waals surface area contributed by atoms with E-state index in [-0.39, 0.29) is 0 Å². The van der Waals surface area contributed by atoms with Crippen LogP contribution >= 0.6 is 0 Å². The number of fused-ring (bicyclic) bond motifs is 2. The maximum absolute atomic E-state index is 5.31. The lowest BCUT2D eigenvalue weighted by Gasteiger charge is -2.00. The smallest absolute Gasteiger partial charge is 0.140 e. The van der Waals surface area contributed by atoms with E-state index in [1.54, 1.807) is 7.11 Å². The van der Waals surface area contributed by atoms with Gasteiger partial charge in [-0.05, 0) is 31.5 Å². The van der Waals surface area contributed by atoms with Crippen molar-refractivity contribution in [1.82, 2.24) is 24.1 Å². The van der Waals surface area contributed by atoms with Gasteiger partial charge in [0.05, 0.1) is 24.0 Å². The standard InChI is InChI=1S/C19H19N5O/c1-11-17(21-16-9-12(25-3)6-8-24(11)16)13-10-14(13)18-19-15(23(2)22-18)5-4-7-20-19/h4-9,13-14H,10H2,1-3H3. The lowest BCUT2D eigenvalue weighted by molar-refractivity contribution is 0.414. The van der Waals surface area contributed by atoms with Crippen molar-refractivity contribution in [2.24, 2.45) is 7.05 Å². The number of hydrogen-bond acceptors (Lipinski definition) is 4. The highest BCUT2D eigenvalue weighted by Gasteiger charge is 2.45. The van der Waals surface area contributed by atoms with Crippen molar-refractivity contribution in [2.75, 3.05) is 7.11 Å². The molecule has 1 saturated carbocycles. The Morgan fingerprint density at radius 1 is 1.20 bits per heavy atom. The van der Waals surface area contributed by atoms with E-state index >= 15 is 0 Å².